The van der Waals surface area contributed by atoms with Gasteiger partial charge in [0.25, 0.3) is 0 Å². The fraction of sp³-hybridized carbons (Fsp3) is 0.222. The van der Waals surface area contributed by atoms with Gasteiger partial charge in [0.15, 0.2) is 5.82 Å². The van der Waals surface area contributed by atoms with Gasteiger partial charge in [0, 0.05) is 32.1 Å². The lowest BCUT2D eigenvalue weighted by Crippen LogP contribution is -1.95. The van der Waals surface area contributed by atoms with Crippen LogP contribution in [0, 0.1) is 0 Å². The molecule has 0 fully saturated rings. The monoisotopic (exact) mass is 189 g/mol. The van der Waals surface area contributed by atoms with Crippen LogP contribution >= 0.6 is 0 Å². The first-order valence-electron chi connectivity index (χ1n) is 4.30. The zero-order valence-electron chi connectivity index (χ0n) is 8.10. The van der Waals surface area contributed by atoms with Crippen molar-refractivity contribution in [2.75, 3.05) is 12.4 Å². The Labute approximate surface area is 81.8 Å². The smallest absolute Gasteiger partial charge is 0.242 e. The fourth-order valence-electron chi connectivity index (χ4n) is 1.24. The van der Waals surface area contributed by atoms with Crippen LogP contribution in [0.1, 0.15) is 0 Å². The van der Waals surface area contributed by atoms with Gasteiger partial charge in [-0.2, -0.15) is 4.98 Å². The van der Waals surface area contributed by atoms with Gasteiger partial charge in [-0.15, -0.1) is 5.10 Å². The van der Waals surface area contributed by atoms with Crippen LogP contribution in [-0.2, 0) is 7.05 Å². The number of anilines is 1. The third-order valence-electron chi connectivity index (χ3n) is 1.93. The van der Waals surface area contributed by atoms with Gasteiger partial charge in [0.1, 0.15) is 0 Å². The highest BCUT2D eigenvalue weighted by Crippen LogP contribution is 2.16. The number of nitrogens with one attached hydrogen (secondary N) is 1. The predicted octanol–water partition coefficient (Wildman–Crippen LogP) is 0.919. The standard InChI is InChI=1S/C9H11N5/c1-10-9-12-8(14(2)13-9)7-3-5-11-6-4-7/h3-6H,1-2H3,(H,10,13). The molecule has 2 heterocycles. The summed E-state index contributed by atoms with van der Waals surface area (Å²) in [5.41, 5.74) is 1.01. The number of pyridine rings is 1. The number of rotatable bonds is 2. The van der Waals surface area contributed by atoms with Crippen molar-refractivity contribution >= 4 is 5.95 Å². The summed E-state index contributed by atoms with van der Waals surface area (Å²) < 4.78 is 1.74. The molecular weight excluding hydrogens is 178 g/mol. The first-order valence-corrected chi connectivity index (χ1v) is 4.30. The Morgan fingerprint density at radius 3 is 2.57 bits per heavy atom. The summed E-state index contributed by atoms with van der Waals surface area (Å²) in [6.07, 6.45) is 3.48. The van der Waals surface area contributed by atoms with Gasteiger partial charge >= 0.3 is 0 Å². The molecule has 2 rings (SSSR count). The minimum Gasteiger partial charge on any atom is -0.356 e. The van der Waals surface area contributed by atoms with E-state index in [9.17, 15) is 0 Å². The average molecular weight is 189 g/mol. The Balaban J connectivity index is 2.46. The predicted molar refractivity (Wildman–Crippen MR) is 53.8 cm³/mol. The highest BCUT2D eigenvalue weighted by atomic mass is 15.4. The van der Waals surface area contributed by atoms with Crippen LogP contribution < -0.4 is 5.32 Å². The summed E-state index contributed by atoms with van der Waals surface area (Å²) in [6.45, 7) is 0. The topological polar surface area (TPSA) is 55.6 Å². The quantitative estimate of drug-likeness (QED) is 0.763. The first-order chi connectivity index (χ1) is 6.81. The fourth-order valence-corrected chi connectivity index (χ4v) is 1.24. The van der Waals surface area contributed by atoms with E-state index in [-0.39, 0.29) is 0 Å². The van der Waals surface area contributed by atoms with E-state index in [1.165, 1.54) is 0 Å². The van der Waals surface area contributed by atoms with Crippen molar-refractivity contribution in [2.24, 2.45) is 7.05 Å². The van der Waals surface area contributed by atoms with Crippen LogP contribution in [0.2, 0.25) is 0 Å². The van der Waals surface area contributed by atoms with E-state index in [4.69, 9.17) is 0 Å². The van der Waals surface area contributed by atoms with E-state index >= 15 is 0 Å². The molecule has 0 amide bonds. The molecule has 0 aliphatic heterocycles. The molecular formula is C9H11N5. The van der Waals surface area contributed by atoms with Gasteiger partial charge in [0.05, 0.1) is 0 Å². The summed E-state index contributed by atoms with van der Waals surface area (Å²) in [5, 5.41) is 7.08. The van der Waals surface area contributed by atoms with Crippen molar-refractivity contribution < 1.29 is 0 Å². The first kappa shape index (κ1) is 8.68. The zero-order valence-corrected chi connectivity index (χ0v) is 8.10. The molecule has 2 aromatic rings. The second-order valence-corrected chi connectivity index (χ2v) is 2.87. The Morgan fingerprint density at radius 2 is 2.00 bits per heavy atom. The molecule has 5 heteroatoms. The summed E-state index contributed by atoms with van der Waals surface area (Å²) in [7, 11) is 3.66. The third kappa shape index (κ3) is 1.44. The average Bonchev–Trinajstić information content (AvgIpc) is 2.61. The van der Waals surface area contributed by atoms with Gasteiger partial charge in [-0.25, -0.2) is 4.68 Å². The van der Waals surface area contributed by atoms with Crippen LogP contribution in [0.4, 0.5) is 5.95 Å². The Bertz CT molecular complexity index is 420. The molecule has 0 radical (unpaired) electrons. The number of aryl methyl sites for hydroxylation is 1. The molecule has 0 atom stereocenters. The molecule has 0 aromatic carbocycles. The summed E-state index contributed by atoms with van der Waals surface area (Å²) in [5.74, 6) is 1.45. The molecule has 0 unspecified atom stereocenters. The lowest BCUT2D eigenvalue weighted by Gasteiger charge is -1.97. The Hall–Kier alpha value is -1.91. The maximum Gasteiger partial charge on any atom is 0.242 e. The van der Waals surface area contributed by atoms with Crippen LogP contribution in [0.3, 0.4) is 0 Å². The van der Waals surface area contributed by atoms with Crippen molar-refractivity contribution in [1.82, 2.24) is 19.7 Å². The van der Waals surface area contributed by atoms with Gasteiger partial charge in [-0.05, 0) is 12.1 Å². The molecule has 0 saturated heterocycles. The Kier molecular flexibility index (Phi) is 2.14. The highest BCUT2D eigenvalue weighted by molar-refractivity contribution is 5.55. The molecule has 0 saturated carbocycles. The number of nitrogens with zero attached hydrogens (tertiary/aromatic N) is 4. The molecule has 0 aliphatic rings. The molecule has 5 nitrogen and oxygen atoms in total. The van der Waals surface area contributed by atoms with E-state index in [0.29, 0.717) is 5.95 Å². The summed E-state index contributed by atoms with van der Waals surface area (Å²) >= 11 is 0. The number of hydrogen-bond donors (Lipinski definition) is 1. The van der Waals surface area contributed by atoms with E-state index < -0.39 is 0 Å². The van der Waals surface area contributed by atoms with Gasteiger partial charge < -0.3 is 5.32 Å². The van der Waals surface area contributed by atoms with E-state index in [2.05, 4.69) is 20.4 Å². The normalized spacial score (nSPS) is 10.1. The molecule has 14 heavy (non-hydrogen) atoms. The maximum absolute atomic E-state index is 4.31. The molecule has 1 N–H and O–H groups in total. The number of aromatic nitrogens is 4. The number of hydrogen-bond acceptors (Lipinski definition) is 4. The van der Waals surface area contributed by atoms with Gasteiger partial charge in [-0.1, -0.05) is 0 Å². The van der Waals surface area contributed by atoms with Crippen LogP contribution in [0.25, 0.3) is 11.4 Å². The summed E-state index contributed by atoms with van der Waals surface area (Å²) in [6, 6.07) is 3.81. The zero-order chi connectivity index (χ0) is 9.97. The molecule has 2 aromatic heterocycles. The van der Waals surface area contributed by atoms with Crippen molar-refractivity contribution in [3.8, 4) is 11.4 Å². The minimum atomic E-state index is 0.624. The summed E-state index contributed by atoms with van der Waals surface area (Å²) in [4.78, 5) is 8.27. The van der Waals surface area contributed by atoms with Crippen molar-refractivity contribution in [2.45, 2.75) is 0 Å². The lowest BCUT2D eigenvalue weighted by atomic mass is 10.2. The van der Waals surface area contributed by atoms with Crippen LogP contribution in [0.5, 0.6) is 0 Å². The second-order valence-electron chi connectivity index (χ2n) is 2.87. The third-order valence-corrected chi connectivity index (χ3v) is 1.93. The van der Waals surface area contributed by atoms with Crippen molar-refractivity contribution in [3.63, 3.8) is 0 Å². The molecule has 0 aliphatic carbocycles. The molecule has 72 valence electrons. The van der Waals surface area contributed by atoms with E-state index in [0.717, 1.165) is 11.4 Å². The second kappa shape index (κ2) is 3.45. The van der Waals surface area contributed by atoms with Crippen molar-refractivity contribution in [3.05, 3.63) is 24.5 Å². The lowest BCUT2D eigenvalue weighted by molar-refractivity contribution is 0.777. The molecule has 0 spiro atoms. The van der Waals surface area contributed by atoms with Crippen LogP contribution in [0.15, 0.2) is 24.5 Å². The van der Waals surface area contributed by atoms with Gasteiger partial charge in [0.2, 0.25) is 5.95 Å². The maximum atomic E-state index is 4.31. The van der Waals surface area contributed by atoms with Crippen molar-refractivity contribution in [1.29, 1.82) is 0 Å². The van der Waals surface area contributed by atoms with E-state index in [1.54, 1.807) is 24.1 Å². The largest absolute Gasteiger partial charge is 0.356 e. The van der Waals surface area contributed by atoms with Gasteiger partial charge in [-0.3, -0.25) is 4.98 Å². The van der Waals surface area contributed by atoms with E-state index in [1.807, 2.05) is 19.2 Å². The molecule has 0 bridgehead atoms. The van der Waals surface area contributed by atoms with Crippen LogP contribution in [-0.4, -0.2) is 26.8 Å². The highest BCUT2D eigenvalue weighted by Gasteiger charge is 2.06. The minimum absolute atomic E-state index is 0.624. The SMILES string of the molecule is CNc1nc(-c2ccncc2)n(C)n1. The Morgan fingerprint density at radius 1 is 1.29 bits per heavy atom.